The molecule has 2 fully saturated rings. The van der Waals surface area contributed by atoms with Crippen LogP contribution in [-0.4, -0.2) is 37.6 Å². The van der Waals surface area contributed by atoms with Gasteiger partial charge in [-0.25, -0.2) is 0 Å². The predicted octanol–water partition coefficient (Wildman–Crippen LogP) is 1.49. The molecule has 2 aliphatic heterocycles. The number of hydrogen-bond acceptors (Lipinski definition) is 2. The summed E-state index contributed by atoms with van der Waals surface area (Å²) in [5.41, 5.74) is 0. The number of fused-ring (bicyclic) bond motifs is 1. The summed E-state index contributed by atoms with van der Waals surface area (Å²) < 4.78 is 0. The van der Waals surface area contributed by atoms with E-state index in [9.17, 15) is 0 Å². The van der Waals surface area contributed by atoms with Gasteiger partial charge in [0.15, 0.2) is 0 Å². The van der Waals surface area contributed by atoms with Crippen LogP contribution in [0.1, 0.15) is 19.3 Å². The highest BCUT2D eigenvalue weighted by atomic mass is 15.1. The summed E-state index contributed by atoms with van der Waals surface area (Å²) >= 11 is 0. The van der Waals surface area contributed by atoms with E-state index in [2.05, 4.69) is 16.8 Å². The Morgan fingerprint density at radius 2 is 1.86 bits per heavy atom. The van der Waals surface area contributed by atoms with Crippen LogP contribution in [-0.2, 0) is 0 Å². The molecular formula is C12H22N2. The molecule has 2 atom stereocenters. The van der Waals surface area contributed by atoms with Crippen molar-refractivity contribution in [2.24, 2.45) is 11.8 Å². The van der Waals surface area contributed by atoms with Crippen LogP contribution in [0.4, 0.5) is 0 Å². The molecule has 0 amide bonds. The number of rotatable bonds is 3. The quantitative estimate of drug-likeness (QED) is 0.685. The van der Waals surface area contributed by atoms with E-state index in [0.717, 1.165) is 18.3 Å². The molecule has 0 bridgehead atoms. The molecule has 2 unspecified atom stereocenters. The topological polar surface area (TPSA) is 15.3 Å². The molecule has 0 aromatic rings. The molecule has 0 aliphatic carbocycles. The van der Waals surface area contributed by atoms with Crippen LogP contribution in [0.15, 0.2) is 12.7 Å². The van der Waals surface area contributed by atoms with Gasteiger partial charge in [-0.2, -0.15) is 0 Å². The third-order valence-corrected chi connectivity index (χ3v) is 3.76. The van der Waals surface area contributed by atoms with Crippen LogP contribution >= 0.6 is 0 Å². The zero-order valence-corrected chi connectivity index (χ0v) is 9.04. The van der Waals surface area contributed by atoms with Crippen LogP contribution in [0.2, 0.25) is 0 Å². The van der Waals surface area contributed by atoms with Gasteiger partial charge in [-0.15, -0.1) is 6.58 Å². The molecule has 2 aliphatic rings. The van der Waals surface area contributed by atoms with Crippen molar-refractivity contribution in [1.29, 1.82) is 0 Å². The van der Waals surface area contributed by atoms with Gasteiger partial charge < -0.3 is 10.2 Å². The van der Waals surface area contributed by atoms with Crippen molar-refractivity contribution in [2.75, 3.05) is 32.7 Å². The van der Waals surface area contributed by atoms with Crippen LogP contribution < -0.4 is 5.32 Å². The lowest BCUT2D eigenvalue weighted by Crippen LogP contribution is -2.26. The second kappa shape index (κ2) is 4.94. The Labute approximate surface area is 87.4 Å². The number of likely N-dealkylation sites (tertiary alicyclic amines) is 1. The van der Waals surface area contributed by atoms with Crippen molar-refractivity contribution in [3.8, 4) is 0 Å². The fraction of sp³-hybridized carbons (Fsp3) is 0.833. The zero-order chi connectivity index (χ0) is 9.80. The standard InChI is InChI=1S/C12H22N2/c1-2-3-6-14-7-4-11-9-13-10-12(11)5-8-14/h2,11-13H,1,3-10H2. The van der Waals surface area contributed by atoms with Crippen LogP contribution in [0, 0.1) is 11.8 Å². The van der Waals surface area contributed by atoms with E-state index in [0.29, 0.717) is 0 Å². The van der Waals surface area contributed by atoms with Gasteiger partial charge in [0.2, 0.25) is 0 Å². The third-order valence-electron chi connectivity index (χ3n) is 3.76. The summed E-state index contributed by atoms with van der Waals surface area (Å²) in [6.45, 7) is 10.1. The van der Waals surface area contributed by atoms with Crippen LogP contribution in [0.3, 0.4) is 0 Å². The third kappa shape index (κ3) is 2.37. The maximum atomic E-state index is 3.79. The molecule has 2 saturated heterocycles. The van der Waals surface area contributed by atoms with Gasteiger partial charge in [0.05, 0.1) is 0 Å². The molecule has 0 spiro atoms. The van der Waals surface area contributed by atoms with Crippen molar-refractivity contribution in [3.05, 3.63) is 12.7 Å². The Morgan fingerprint density at radius 3 is 2.43 bits per heavy atom. The van der Waals surface area contributed by atoms with Crippen LogP contribution in [0.25, 0.3) is 0 Å². The highest BCUT2D eigenvalue weighted by Gasteiger charge is 2.29. The molecule has 2 rings (SSSR count). The zero-order valence-electron chi connectivity index (χ0n) is 9.04. The minimum Gasteiger partial charge on any atom is -0.316 e. The van der Waals surface area contributed by atoms with E-state index in [1.165, 1.54) is 45.6 Å². The SMILES string of the molecule is C=CCCN1CCC2CNCC2CC1. The van der Waals surface area contributed by atoms with E-state index >= 15 is 0 Å². The minimum atomic E-state index is 0.962. The maximum Gasteiger partial charge on any atom is 0.00158 e. The fourth-order valence-corrected chi connectivity index (χ4v) is 2.77. The van der Waals surface area contributed by atoms with Gasteiger partial charge >= 0.3 is 0 Å². The average molecular weight is 194 g/mol. The van der Waals surface area contributed by atoms with Gasteiger partial charge in [0.1, 0.15) is 0 Å². The Balaban J connectivity index is 1.80. The first-order valence-corrected chi connectivity index (χ1v) is 5.94. The van der Waals surface area contributed by atoms with E-state index in [1.54, 1.807) is 0 Å². The molecule has 14 heavy (non-hydrogen) atoms. The first-order valence-electron chi connectivity index (χ1n) is 5.94. The second-order valence-corrected chi connectivity index (χ2v) is 4.67. The van der Waals surface area contributed by atoms with Crippen molar-refractivity contribution in [1.82, 2.24) is 10.2 Å². The van der Waals surface area contributed by atoms with Crippen molar-refractivity contribution < 1.29 is 0 Å². The number of nitrogens with zero attached hydrogens (tertiary/aromatic N) is 1. The maximum absolute atomic E-state index is 3.79. The van der Waals surface area contributed by atoms with Gasteiger partial charge in [0, 0.05) is 6.54 Å². The van der Waals surface area contributed by atoms with Gasteiger partial charge in [-0.1, -0.05) is 6.08 Å². The fourth-order valence-electron chi connectivity index (χ4n) is 2.77. The molecule has 1 N–H and O–H groups in total. The Bertz CT molecular complexity index is 177. The normalized spacial score (nSPS) is 33.7. The number of hydrogen-bond donors (Lipinski definition) is 1. The summed E-state index contributed by atoms with van der Waals surface area (Å²) in [4.78, 5) is 2.61. The van der Waals surface area contributed by atoms with E-state index < -0.39 is 0 Å². The van der Waals surface area contributed by atoms with Crippen LogP contribution in [0.5, 0.6) is 0 Å². The lowest BCUT2D eigenvalue weighted by atomic mass is 9.92. The molecule has 0 saturated carbocycles. The molecule has 2 nitrogen and oxygen atoms in total. The molecule has 2 heterocycles. The number of nitrogens with one attached hydrogen (secondary N) is 1. The molecule has 0 aromatic carbocycles. The molecule has 80 valence electrons. The summed E-state index contributed by atoms with van der Waals surface area (Å²) in [6.07, 6.45) is 5.98. The Hall–Kier alpha value is -0.340. The van der Waals surface area contributed by atoms with Gasteiger partial charge in [0.25, 0.3) is 0 Å². The van der Waals surface area contributed by atoms with Gasteiger partial charge in [-0.05, 0) is 57.3 Å². The average Bonchev–Trinajstić information content (AvgIpc) is 2.57. The summed E-state index contributed by atoms with van der Waals surface area (Å²) in [5, 5.41) is 3.52. The molecule has 2 heteroatoms. The summed E-state index contributed by atoms with van der Waals surface area (Å²) in [7, 11) is 0. The van der Waals surface area contributed by atoms with E-state index in [1.807, 2.05) is 6.08 Å². The lowest BCUT2D eigenvalue weighted by Gasteiger charge is -2.19. The largest absolute Gasteiger partial charge is 0.316 e. The molecular weight excluding hydrogens is 172 g/mol. The summed E-state index contributed by atoms with van der Waals surface area (Å²) in [6, 6.07) is 0. The second-order valence-electron chi connectivity index (χ2n) is 4.67. The highest BCUT2D eigenvalue weighted by Crippen LogP contribution is 2.26. The minimum absolute atomic E-state index is 0.962. The van der Waals surface area contributed by atoms with E-state index in [-0.39, 0.29) is 0 Å². The van der Waals surface area contributed by atoms with Crippen molar-refractivity contribution >= 4 is 0 Å². The Morgan fingerprint density at radius 1 is 1.21 bits per heavy atom. The predicted molar refractivity (Wildman–Crippen MR) is 60.3 cm³/mol. The summed E-state index contributed by atoms with van der Waals surface area (Å²) in [5.74, 6) is 1.92. The lowest BCUT2D eigenvalue weighted by molar-refractivity contribution is 0.283. The van der Waals surface area contributed by atoms with Gasteiger partial charge in [-0.3, -0.25) is 0 Å². The Kier molecular flexibility index (Phi) is 3.60. The monoisotopic (exact) mass is 194 g/mol. The van der Waals surface area contributed by atoms with Crippen molar-refractivity contribution in [3.63, 3.8) is 0 Å². The van der Waals surface area contributed by atoms with Crippen molar-refractivity contribution in [2.45, 2.75) is 19.3 Å². The smallest absolute Gasteiger partial charge is 0.00158 e. The first-order chi connectivity index (χ1) is 6.90. The molecule has 0 radical (unpaired) electrons. The molecule has 0 aromatic heterocycles. The first kappa shape index (κ1) is 10.2. The van der Waals surface area contributed by atoms with E-state index in [4.69, 9.17) is 0 Å². The highest BCUT2D eigenvalue weighted by molar-refractivity contribution is 4.85.